The first-order chi connectivity index (χ1) is 49.8. The molecular formula is C91H172NO8P. The topological polar surface area (TPSA) is 134 Å². The first kappa shape index (κ1) is 98.7. The third-order valence-corrected chi connectivity index (χ3v) is 21.4. The maximum Gasteiger partial charge on any atom is 0.472 e. The van der Waals surface area contributed by atoms with Gasteiger partial charge in [-0.25, -0.2) is 4.57 Å². The number of hydrogen-bond acceptors (Lipinski definition) is 8. The van der Waals surface area contributed by atoms with Gasteiger partial charge in [-0.05, 0) is 57.8 Å². The van der Waals surface area contributed by atoms with Crippen LogP contribution in [0.5, 0.6) is 0 Å². The number of carbonyl (C=O) groups is 2. The van der Waals surface area contributed by atoms with Gasteiger partial charge in [0.05, 0.1) is 13.2 Å². The van der Waals surface area contributed by atoms with Crippen LogP contribution in [0, 0.1) is 0 Å². The summed E-state index contributed by atoms with van der Waals surface area (Å²) in [5.74, 6) is -0.799. The van der Waals surface area contributed by atoms with Crippen molar-refractivity contribution in [3.63, 3.8) is 0 Å². The number of rotatable bonds is 86. The van der Waals surface area contributed by atoms with Crippen molar-refractivity contribution in [3.8, 4) is 0 Å². The second kappa shape index (κ2) is 86.6. The fraction of sp³-hybridized carbons (Fsp3) is 0.868. The zero-order valence-electron chi connectivity index (χ0n) is 67.4. The van der Waals surface area contributed by atoms with Gasteiger partial charge in [-0.3, -0.25) is 18.6 Å². The molecule has 0 spiro atoms. The molecule has 0 amide bonds. The zero-order chi connectivity index (χ0) is 72.9. The Hall–Kier alpha value is -2.29. The van der Waals surface area contributed by atoms with E-state index in [4.69, 9.17) is 24.3 Å². The maximum atomic E-state index is 12.8. The lowest BCUT2D eigenvalue weighted by molar-refractivity contribution is -0.161. The van der Waals surface area contributed by atoms with E-state index in [1.54, 1.807) is 0 Å². The molecule has 0 aromatic carbocycles. The molecule has 3 N–H and O–H groups in total. The van der Waals surface area contributed by atoms with Crippen LogP contribution in [0.3, 0.4) is 0 Å². The molecular weight excluding hydrogens is 1270 g/mol. The van der Waals surface area contributed by atoms with Gasteiger partial charge < -0.3 is 20.1 Å². The van der Waals surface area contributed by atoms with Gasteiger partial charge in [0.15, 0.2) is 6.10 Å². The normalized spacial score (nSPS) is 13.0. The minimum absolute atomic E-state index is 0.0561. The molecule has 594 valence electrons. The van der Waals surface area contributed by atoms with E-state index in [0.29, 0.717) is 6.42 Å². The van der Waals surface area contributed by atoms with E-state index in [9.17, 15) is 19.0 Å². The molecule has 0 heterocycles. The van der Waals surface area contributed by atoms with Crippen molar-refractivity contribution in [3.05, 3.63) is 60.8 Å². The van der Waals surface area contributed by atoms with Crippen molar-refractivity contribution in [2.24, 2.45) is 5.73 Å². The van der Waals surface area contributed by atoms with Gasteiger partial charge in [0, 0.05) is 19.4 Å². The van der Waals surface area contributed by atoms with E-state index in [-0.39, 0.29) is 38.6 Å². The van der Waals surface area contributed by atoms with Crippen LogP contribution in [-0.4, -0.2) is 49.3 Å². The van der Waals surface area contributed by atoms with Gasteiger partial charge in [-0.2, -0.15) is 0 Å². The number of esters is 2. The Morgan fingerprint density at radius 2 is 0.545 bits per heavy atom. The molecule has 0 aromatic rings. The summed E-state index contributed by atoms with van der Waals surface area (Å²) in [7, 11) is -4.40. The highest BCUT2D eigenvalue weighted by Gasteiger charge is 2.26. The third kappa shape index (κ3) is 86.5. The SMILES string of the molecule is CC/C=C\C/C=C\C/C=C\C/C=C\C/C=C\CCCCCCCCCCCCCCCCCCCCCCCCCC(=O)OC(COC(=O)CCCCCCCCCCCCCCCCCCCCCCCCCCCCCCCCCCCCCCCCCCC)COP(=O)(O)OCCN. The number of phosphoric acid groups is 1. The van der Waals surface area contributed by atoms with Crippen molar-refractivity contribution in [2.75, 3.05) is 26.4 Å². The number of nitrogens with two attached hydrogens (primary N) is 1. The predicted octanol–water partition coefficient (Wildman–Crippen LogP) is 30.4. The summed E-state index contributed by atoms with van der Waals surface area (Å²) in [5, 5.41) is 0. The monoisotopic (exact) mass is 1440 g/mol. The van der Waals surface area contributed by atoms with Crippen LogP contribution in [0.25, 0.3) is 0 Å². The lowest BCUT2D eigenvalue weighted by Crippen LogP contribution is -2.29. The molecule has 0 bridgehead atoms. The van der Waals surface area contributed by atoms with E-state index < -0.39 is 26.5 Å². The molecule has 2 unspecified atom stereocenters. The van der Waals surface area contributed by atoms with Crippen LogP contribution in [0.4, 0.5) is 0 Å². The van der Waals surface area contributed by atoms with Crippen molar-refractivity contribution < 1.29 is 37.6 Å². The zero-order valence-corrected chi connectivity index (χ0v) is 68.3. The number of phosphoric ester groups is 1. The lowest BCUT2D eigenvalue weighted by Gasteiger charge is -2.19. The summed E-state index contributed by atoms with van der Waals surface area (Å²) in [4.78, 5) is 35.5. The van der Waals surface area contributed by atoms with Crippen LogP contribution in [0.2, 0.25) is 0 Å². The molecule has 0 fully saturated rings. The van der Waals surface area contributed by atoms with E-state index in [1.165, 1.54) is 379 Å². The van der Waals surface area contributed by atoms with Gasteiger partial charge in [0.25, 0.3) is 0 Å². The van der Waals surface area contributed by atoms with E-state index in [2.05, 4.69) is 74.6 Å². The molecule has 0 aromatic heterocycles. The van der Waals surface area contributed by atoms with Crippen LogP contribution in [-0.2, 0) is 32.7 Å². The van der Waals surface area contributed by atoms with E-state index in [0.717, 1.165) is 64.2 Å². The Kier molecular flexibility index (Phi) is 84.7. The molecule has 0 rings (SSSR count). The summed E-state index contributed by atoms with van der Waals surface area (Å²) in [5.41, 5.74) is 5.43. The van der Waals surface area contributed by atoms with Crippen molar-refractivity contribution in [2.45, 2.75) is 482 Å². The van der Waals surface area contributed by atoms with Gasteiger partial charge in [-0.1, -0.05) is 466 Å². The number of ether oxygens (including phenoxy) is 2. The number of unbranched alkanes of at least 4 members (excludes halogenated alkanes) is 63. The minimum Gasteiger partial charge on any atom is -0.462 e. The van der Waals surface area contributed by atoms with E-state index >= 15 is 0 Å². The molecule has 0 aliphatic carbocycles. The summed E-state index contributed by atoms with van der Waals surface area (Å²) in [6.07, 6.45) is 116. The summed E-state index contributed by atoms with van der Waals surface area (Å²) < 4.78 is 33.4. The highest BCUT2D eigenvalue weighted by Crippen LogP contribution is 2.43. The molecule has 0 aliphatic rings. The number of hydrogen-bond donors (Lipinski definition) is 2. The first-order valence-electron chi connectivity index (χ1n) is 44.8. The van der Waals surface area contributed by atoms with Gasteiger partial charge in [-0.15, -0.1) is 0 Å². The number of allylic oxidation sites excluding steroid dienone is 10. The van der Waals surface area contributed by atoms with Crippen LogP contribution in [0.1, 0.15) is 476 Å². The van der Waals surface area contributed by atoms with Gasteiger partial charge >= 0.3 is 19.8 Å². The molecule has 0 aliphatic heterocycles. The summed E-state index contributed by atoms with van der Waals surface area (Å²) in [6, 6.07) is 0. The quantitative estimate of drug-likeness (QED) is 0.0264. The van der Waals surface area contributed by atoms with Gasteiger partial charge in [0.2, 0.25) is 0 Å². The molecule has 9 nitrogen and oxygen atoms in total. The Bertz CT molecular complexity index is 1850. The Morgan fingerprint density at radius 1 is 0.307 bits per heavy atom. The number of carbonyl (C=O) groups excluding carboxylic acids is 2. The van der Waals surface area contributed by atoms with Crippen molar-refractivity contribution in [1.29, 1.82) is 0 Å². The fourth-order valence-corrected chi connectivity index (χ4v) is 14.6. The van der Waals surface area contributed by atoms with Crippen LogP contribution < -0.4 is 5.73 Å². The van der Waals surface area contributed by atoms with Crippen molar-refractivity contribution >= 4 is 19.8 Å². The standard InChI is InChI=1S/C91H172NO8P/c1-3-5-7-9-11-13-15-17-19-21-23-25-27-29-31-33-35-37-39-41-43-44-46-47-49-51-53-55-57-59-61-63-65-67-69-71-73-75-77-79-81-83-90(93)97-87-89(88-99-101(95,96)98-86-85-92)100-91(94)84-82-80-78-76-74-72-70-68-66-64-62-60-58-56-54-52-50-48-45-42-40-38-36-34-32-30-28-26-24-22-20-18-16-14-12-10-8-6-4-2/h6,8,12,14,18,20,24,26,30,32,89H,3-5,7,9-11,13,15-17,19,21-23,25,27-29,31,33-88,92H2,1-2H3,(H,95,96)/b8-6-,14-12-,20-18-,26-24-,32-30-. The summed E-state index contributed by atoms with van der Waals surface area (Å²) in [6.45, 7) is 3.72. The molecule has 0 saturated carbocycles. The first-order valence-corrected chi connectivity index (χ1v) is 46.3. The molecule has 10 heteroatoms. The highest BCUT2D eigenvalue weighted by atomic mass is 31.2. The second-order valence-corrected chi connectivity index (χ2v) is 31.9. The molecule has 2 atom stereocenters. The predicted molar refractivity (Wildman–Crippen MR) is 441 cm³/mol. The minimum atomic E-state index is -4.40. The second-order valence-electron chi connectivity index (χ2n) is 30.5. The molecule has 0 saturated heterocycles. The van der Waals surface area contributed by atoms with Crippen LogP contribution in [0.15, 0.2) is 60.8 Å². The molecule has 0 radical (unpaired) electrons. The summed E-state index contributed by atoms with van der Waals surface area (Å²) >= 11 is 0. The van der Waals surface area contributed by atoms with Crippen LogP contribution >= 0.6 is 7.82 Å². The van der Waals surface area contributed by atoms with Crippen molar-refractivity contribution in [1.82, 2.24) is 0 Å². The largest absolute Gasteiger partial charge is 0.472 e. The Labute approximate surface area is 629 Å². The van der Waals surface area contributed by atoms with E-state index in [1.807, 2.05) is 0 Å². The fourth-order valence-electron chi connectivity index (χ4n) is 13.9. The Balaban J connectivity index is 3.69. The molecule has 101 heavy (non-hydrogen) atoms. The average Bonchev–Trinajstić information content (AvgIpc) is 1.01. The van der Waals surface area contributed by atoms with Gasteiger partial charge in [0.1, 0.15) is 6.61 Å². The Morgan fingerprint density at radius 3 is 0.812 bits per heavy atom. The third-order valence-electron chi connectivity index (χ3n) is 20.4. The average molecular weight is 1440 g/mol. The highest BCUT2D eigenvalue weighted by molar-refractivity contribution is 7.47. The smallest absolute Gasteiger partial charge is 0.462 e. The lowest BCUT2D eigenvalue weighted by atomic mass is 10.0. The maximum absolute atomic E-state index is 12.8.